The van der Waals surface area contributed by atoms with Crippen molar-refractivity contribution in [2.45, 2.75) is 25.8 Å². The molecule has 5 heterocycles. The molecule has 12 nitrogen and oxygen atoms in total. The van der Waals surface area contributed by atoms with E-state index in [9.17, 15) is 4.79 Å². The van der Waals surface area contributed by atoms with Gasteiger partial charge in [0.2, 0.25) is 11.8 Å². The third-order valence-electron chi connectivity index (χ3n) is 8.27. The van der Waals surface area contributed by atoms with Crippen LogP contribution >= 0.6 is 0 Å². The van der Waals surface area contributed by atoms with Crippen LogP contribution in [0.1, 0.15) is 29.2 Å². The summed E-state index contributed by atoms with van der Waals surface area (Å²) in [7, 11) is 7.36. The molecule has 1 amide bonds. The SMILES string of the molecule is COc1cc(N2CCC(N3CCN(C)CC3)CC2)ccc1Nc1ncc2c(n1)N(C)c1oc(C)nc1C(=O)N2C. The second kappa shape index (κ2) is 10.6. The Labute approximate surface area is 234 Å². The van der Waals surface area contributed by atoms with Crippen molar-refractivity contribution in [1.29, 1.82) is 0 Å². The van der Waals surface area contributed by atoms with E-state index < -0.39 is 0 Å². The molecule has 12 heteroatoms. The minimum absolute atomic E-state index is 0.250. The van der Waals surface area contributed by atoms with E-state index in [1.807, 2.05) is 6.07 Å². The van der Waals surface area contributed by atoms with Gasteiger partial charge in [0.1, 0.15) is 11.4 Å². The molecular weight excluding hydrogens is 510 g/mol. The van der Waals surface area contributed by atoms with Crippen molar-refractivity contribution in [3.8, 4) is 5.75 Å². The largest absolute Gasteiger partial charge is 0.494 e. The van der Waals surface area contributed by atoms with Gasteiger partial charge in [-0.3, -0.25) is 14.6 Å². The van der Waals surface area contributed by atoms with Gasteiger partial charge in [-0.2, -0.15) is 4.98 Å². The summed E-state index contributed by atoms with van der Waals surface area (Å²) in [5.41, 5.74) is 2.72. The van der Waals surface area contributed by atoms with Crippen molar-refractivity contribution >= 4 is 40.6 Å². The number of carbonyl (C=O) groups excluding carboxylic acids is 1. The monoisotopic (exact) mass is 547 g/mol. The summed E-state index contributed by atoms with van der Waals surface area (Å²) < 4.78 is 11.5. The molecule has 40 heavy (non-hydrogen) atoms. The van der Waals surface area contributed by atoms with E-state index in [0.717, 1.165) is 37.6 Å². The number of nitrogens with zero attached hydrogens (tertiary/aromatic N) is 8. The molecule has 2 fully saturated rings. The van der Waals surface area contributed by atoms with Crippen LogP contribution in [-0.2, 0) is 0 Å². The molecule has 3 aliphatic heterocycles. The van der Waals surface area contributed by atoms with Crippen LogP contribution in [0.2, 0.25) is 0 Å². The zero-order valence-electron chi connectivity index (χ0n) is 23.8. The molecule has 1 aromatic carbocycles. The molecule has 212 valence electrons. The first kappa shape index (κ1) is 26.3. The van der Waals surface area contributed by atoms with Crippen molar-refractivity contribution in [3.63, 3.8) is 0 Å². The molecule has 6 rings (SSSR count). The summed E-state index contributed by atoms with van der Waals surface area (Å²) in [6.07, 6.45) is 3.97. The van der Waals surface area contributed by atoms with E-state index in [-0.39, 0.29) is 11.6 Å². The smallest absolute Gasteiger partial charge is 0.282 e. The van der Waals surface area contributed by atoms with Crippen LogP contribution in [0.4, 0.5) is 34.7 Å². The number of aromatic nitrogens is 3. The van der Waals surface area contributed by atoms with Gasteiger partial charge in [0, 0.05) is 78.1 Å². The van der Waals surface area contributed by atoms with E-state index in [4.69, 9.17) is 14.1 Å². The molecule has 2 aromatic heterocycles. The predicted octanol–water partition coefficient (Wildman–Crippen LogP) is 3.10. The van der Waals surface area contributed by atoms with Gasteiger partial charge in [-0.25, -0.2) is 9.97 Å². The Kier molecular flexibility index (Phi) is 6.97. The van der Waals surface area contributed by atoms with Crippen LogP contribution in [0.3, 0.4) is 0 Å². The lowest BCUT2D eigenvalue weighted by molar-refractivity contribution is 0.0982. The highest BCUT2D eigenvalue weighted by molar-refractivity contribution is 6.11. The highest BCUT2D eigenvalue weighted by Gasteiger charge is 2.34. The Hall–Kier alpha value is -3.90. The van der Waals surface area contributed by atoms with Crippen molar-refractivity contribution < 1.29 is 13.9 Å². The fraction of sp³-hybridized carbons (Fsp3) is 0.500. The Morgan fingerprint density at radius 3 is 2.48 bits per heavy atom. The summed E-state index contributed by atoms with van der Waals surface area (Å²) in [5, 5.41) is 3.30. The fourth-order valence-electron chi connectivity index (χ4n) is 5.83. The lowest BCUT2D eigenvalue weighted by atomic mass is 10.0. The summed E-state index contributed by atoms with van der Waals surface area (Å²) in [5.74, 6) is 2.13. The zero-order valence-corrected chi connectivity index (χ0v) is 23.8. The minimum atomic E-state index is -0.272. The number of aryl methyl sites for hydroxylation is 1. The number of benzene rings is 1. The molecular formula is C28H37N9O3. The molecule has 0 radical (unpaired) electrons. The van der Waals surface area contributed by atoms with Gasteiger partial charge in [0.05, 0.1) is 19.0 Å². The number of fused-ring (bicyclic) bond motifs is 2. The number of hydrogen-bond acceptors (Lipinski definition) is 11. The van der Waals surface area contributed by atoms with Crippen LogP contribution in [-0.4, -0.2) is 104 Å². The van der Waals surface area contributed by atoms with E-state index in [1.165, 1.54) is 30.8 Å². The van der Waals surface area contributed by atoms with Gasteiger partial charge in [0.25, 0.3) is 5.91 Å². The molecule has 3 aromatic rings. The van der Waals surface area contributed by atoms with Crippen LogP contribution in [0.25, 0.3) is 0 Å². The summed E-state index contributed by atoms with van der Waals surface area (Å²) >= 11 is 0. The van der Waals surface area contributed by atoms with Crippen LogP contribution < -0.4 is 24.8 Å². The van der Waals surface area contributed by atoms with Crippen molar-refractivity contribution in [2.24, 2.45) is 0 Å². The van der Waals surface area contributed by atoms with Crippen LogP contribution in [0.5, 0.6) is 5.75 Å². The maximum atomic E-state index is 13.0. The molecule has 3 aliphatic rings. The van der Waals surface area contributed by atoms with Gasteiger partial charge in [0.15, 0.2) is 17.4 Å². The van der Waals surface area contributed by atoms with Crippen molar-refractivity contribution in [3.05, 3.63) is 36.0 Å². The summed E-state index contributed by atoms with van der Waals surface area (Å²) in [6, 6.07) is 6.87. The number of hydrogen-bond donors (Lipinski definition) is 1. The fourth-order valence-corrected chi connectivity index (χ4v) is 5.83. The van der Waals surface area contributed by atoms with Crippen LogP contribution in [0, 0.1) is 6.92 Å². The van der Waals surface area contributed by atoms with Crippen molar-refractivity contribution in [1.82, 2.24) is 24.8 Å². The number of amides is 1. The Bertz CT molecular complexity index is 1390. The summed E-state index contributed by atoms with van der Waals surface area (Å²) in [6.45, 7) is 8.43. The zero-order chi connectivity index (χ0) is 28.0. The summed E-state index contributed by atoms with van der Waals surface area (Å²) in [4.78, 5) is 37.2. The number of nitrogens with one attached hydrogen (secondary N) is 1. The number of methoxy groups -OCH3 is 1. The number of rotatable bonds is 5. The van der Waals surface area contributed by atoms with Gasteiger partial charge in [-0.05, 0) is 32.0 Å². The second-order valence-corrected chi connectivity index (χ2v) is 10.8. The molecule has 0 saturated carbocycles. The Balaban J connectivity index is 1.18. The normalized spacial score (nSPS) is 18.9. The predicted molar refractivity (Wildman–Crippen MR) is 155 cm³/mol. The molecule has 0 unspecified atom stereocenters. The maximum absolute atomic E-state index is 13.0. The maximum Gasteiger partial charge on any atom is 0.282 e. The first-order chi connectivity index (χ1) is 19.3. The average Bonchev–Trinajstić information content (AvgIpc) is 3.35. The van der Waals surface area contributed by atoms with Gasteiger partial charge >= 0.3 is 0 Å². The Morgan fingerprint density at radius 1 is 1.00 bits per heavy atom. The molecule has 0 atom stereocenters. The molecule has 0 spiro atoms. The number of piperidine rings is 1. The number of anilines is 6. The number of oxazole rings is 1. The van der Waals surface area contributed by atoms with Gasteiger partial charge in [-0.1, -0.05) is 0 Å². The molecule has 0 aliphatic carbocycles. The number of ether oxygens (including phenoxy) is 1. The third-order valence-corrected chi connectivity index (χ3v) is 8.27. The third kappa shape index (κ3) is 4.81. The van der Waals surface area contributed by atoms with Crippen molar-refractivity contribution in [2.75, 3.05) is 87.5 Å². The molecule has 0 bridgehead atoms. The first-order valence-corrected chi connectivity index (χ1v) is 13.8. The number of piperazine rings is 1. The molecule has 2 saturated heterocycles. The van der Waals surface area contributed by atoms with E-state index >= 15 is 0 Å². The standard InChI is InChI=1S/C28H37N9O3/c1-18-30-24-26(38)34(3)22-17-29-28(32-25(22)35(4)27(24)40-18)31-21-7-6-20(16-23(21)39-5)36-10-8-19(9-11-36)37-14-12-33(2)13-15-37/h6-7,16-17,19H,8-15H2,1-5H3,(H,29,31,32). The second-order valence-electron chi connectivity index (χ2n) is 10.8. The van der Waals surface area contributed by atoms with E-state index in [0.29, 0.717) is 41.0 Å². The Morgan fingerprint density at radius 2 is 1.75 bits per heavy atom. The topological polar surface area (TPSA) is 106 Å². The van der Waals surface area contributed by atoms with E-state index in [1.54, 1.807) is 39.2 Å². The molecule has 1 N–H and O–H groups in total. The lowest BCUT2D eigenvalue weighted by Gasteiger charge is -2.42. The first-order valence-electron chi connectivity index (χ1n) is 13.8. The highest BCUT2D eigenvalue weighted by atomic mass is 16.5. The number of carbonyl (C=O) groups is 1. The average molecular weight is 548 g/mol. The highest BCUT2D eigenvalue weighted by Crippen LogP contribution is 2.39. The lowest BCUT2D eigenvalue weighted by Crippen LogP contribution is -2.52. The van der Waals surface area contributed by atoms with Gasteiger partial charge in [-0.15, -0.1) is 0 Å². The quantitative estimate of drug-likeness (QED) is 0.509. The van der Waals surface area contributed by atoms with Gasteiger partial charge < -0.3 is 29.2 Å². The van der Waals surface area contributed by atoms with Crippen LogP contribution in [0.15, 0.2) is 28.8 Å². The number of likely N-dealkylation sites (N-methyl/N-ethyl adjacent to an activating group) is 1. The minimum Gasteiger partial charge on any atom is -0.494 e. The van der Waals surface area contributed by atoms with E-state index in [2.05, 4.69) is 49.2 Å².